The summed E-state index contributed by atoms with van der Waals surface area (Å²) in [6.07, 6.45) is 1.90. The lowest BCUT2D eigenvalue weighted by Crippen LogP contribution is -2.39. The first-order chi connectivity index (χ1) is 10.0. The van der Waals surface area contributed by atoms with E-state index >= 15 is 0 Å². The van der Waals surface area contributed by atoms with Gasteiger partial charge in [0.25, 0.3) is 0 Å². The zero-order valence-corrected chi connectivity index (χ0v) is 13.6. The molecule has 0 saturated heterocycles. The topological polar surface area (TPSA) is 58.4 Å². The normalized spacial score (nSPS) is 10.7. The van der Waals surface area contributed by atoms with Crippen LogP contribution in [0.2, 0.25) is 0 Å². The highest BCUT2D eigenvalue weighted by Crippen LogP contribution is 2.15. The monoisotopic (exact) mass is 291 g/mol. The van der Waals surface area contributed by atoms with Gasteiger partial charge in [-0.3, -0.25) is 4.79 Å². The Hall–Kier alpha value is -1.55. The standard InChI is InChI=1S/C17H29N3O/c1-14(2)8-10-19-17(21)13-20(11-5-9-18)16-7-4-6-15(3)12-16/h4,6-7,12,14H,5,8-11,13,18H2,1-3H3,(H,19,21). The van der Waals surface area contributed by atoms with Gasteiger partial charge in [-0.1, -0.05) is 26.0 Å². The summed E-state index contributed by atoms with van der Waals surface area (Å²) in [6.45, 7) is 8.96. The van der Waals surface area contributed by atoms with Gasteiger partial charge in [-0.2, -0.15) is 0 Å². The van der Waals surface area contributed by atoms with Gasteiger partial charge in [-0.05, 0) is 49.9 Å². The van der Waals surface area contributed by atoms with Crippen molar-refractivity contribution in [3.63, 3.8) is 0 Å². The molecule has 0 saturated carbocycles. The van der Waals surface area contributed by atoms with Gasteiger partial charge < -0.3 is 16.0 Å². The molecule has 1 aromatic rings. The summed E-state index contributed by atoms with van der Waals surface area (Å²) in [6, 6.07) is 8.24. The molecular formula is C17H29N3O. The van der Waals surface area contributed by atoms with Crippen molar-refractivity contribution in [1.82, 2.24) is 5.32 Å². The number of anilines is 1. The van der Waals surface area contributed by atoms with Crippen LogP contribution in [0.25, 0.3) is 0 Å². The fourth-order valence-corrected chi connectivity index (χ4v) is 2.14. The quantitative estimate of drug-likeness (QED) is 0.734. The SMILES string of the molecule is Cc1cccc(N(CCCN)CC(=O)NCCC(C)C)c1. The van der Waals surface area contributed by atoms with Crippen LogP contribution in [-0.2, 0) is 4.79 Å². The van der Waals surface area contributed by atoms with E-state index in [1.165, 1.54) is 5.56 Å². The molecule has 118 valence electrons. The van der Waals surface area contributed by atoms with Gasteiger partial charge in [-0.15, -0.1) is 0 Å². The van der Waals surface area contributed by atoms with Gasteiger partial charge in [0.05, 0.1) is 6.54 Å². The molecule has 1 amide bonds. The van der Waals surface area contributed by atoms with Gasteiger partial charge >= 0.3 is 0 Å². The highest BCUT2D eigenvalue weighted by molar-refractivity contribution is 5.81. The summed E-state index contributed by atoms with van der Waals surface area (Å²) >= 11 is 0. The van der Waals surface area contributed by atoms with Crippen LogP contribution in [0.5, 0.6) is 0 Å². The Balaban J connectivity index is 2.59. The Kier molecular flexibility index (Phi) is 7.83. The summed E-state index contributed by atoms with van der Waals surface area (Å²) in [7, 11) is 0. The third-order valence-electron chi connectivity index (χ3n) is 3.38. The fourth-order valence-electron chi connectivity index (χ4n) is 2.14. The number of nitrogens with one attached hydrogen (secondary N) is 1. The molecule has 0 spiro atoms. The molecule has 0 aliphatic rings. The zero-order chi connectivity index (χ0) is 15.7. The minimum atomic E-state index is 0.0779. The second-order valence-corrected chi connectivity index (χ2v) is 5.94. The van der Waals surface area contributed by atoms with Crippen LogP contribution in [0.3, 0.4) is 0 Å². The predicted octanol–water partition coefficient (Wildman–Crippen LogP) is 2.31. The van der Waals surface area contributed by atoms with Crippen molar-refractivity contribution in [2.45, 2.75) is 33.6 Å². The number of nitrogens with two attached hydrogens (primary N) is 1. The Morgan fingerprint density at radius 3 is 2.76 bits per heavy atom. The van der Waals surface area contributed by atoms with Gasteiger partial charge in [0.15, 0.2) is 0 Å². The molecule has 1 aromatic carbocycles. The fraction of sp³-hybridized carbons (Fsp3) is 0.588. The molecule has 0 aromatic heterocycles. The van der Waals surface area contributed by atoms with Crippen LogP contribution in [0.4, 0.5) is 5.69 Å². The molecule has 1 rings (SSSR count). The maximum Gasteiger partial charge on any atom is 0.239 e. The van der Waals surface area contributed by atoms with Gasteiger partial charge in [0.1, 0.15) is 0 Å². The van der Waals surface area contributed by atoms with E-state index in [0.29, 0.717) is 19.0 Å². The maximum absolute atomic E-state index is 12.1. The minimum Gasteiger partial charge on any atom is -0.362 e. The number of rotatable bonds is 9. The van der Waals surface area contributed by atoms with Gasteiger partial charge in [0, 0.05) is 18.8 Å². The van der Waals surface area contributed by atoms with E-state index in [1.54, 1.807) is 0 Å². The summed E-state index contributed by atoms with van der Waals surface area (Å²) in [5, 5.41) is 2.99. The Morgan fingerprint density at radius 1 is 1.38 bits per heavy atom. The zero-order valence-electron chi connectivity index (χ0n) is 13.6. The molecule has 0 unspecified atom stereocenters. The summed E-state index contributed by atoms with van der Waals surface area (Å²) in [5.74, 6) is 0.685. The molecule has 0 radical (unpaired) electrons. The second kappa shape index (κ2) is 9.40. The van der Waals surface area contributed by atoms with Crippen LogP contribution in [0.15, 0.2) is 24.3 Å². The number of aryl methyl sites for hydroxylation is 1. The minimum absolute atomic E-state index is 0.0779. The Labute approximate surface area is 128 Å². The highest BCUT2D eigenvalue weighted by atomic mass is 16.2. The number of carbonyl (C=O) groups excluding carboxylic acids is 1. The van der Waals surface area contributed by atoms with E-state index in [-0.39, 0.29) is 5.91 Å². The molecule has 0 heterocycles. The summed E-state index contributed by atoms with van der Waals surface area (Å²) < 4.78 is 0. The number of hydrogen-bond donors (Lipinski definition) is 2. The molecule has 0 aliphatic carbocycles. The number of hydrogen-bond acceptors (Lipinski definition) is 3. The van der Waals surface area contributed by atoms with Crippen molar-refractivity contribution in [3.05, 3.63) is 29.8 Å². The van der Waals surface area contributed by atoms with Gasteiger partial charge in [-0.25, -0.2) is 0 Å². The van der Waals surface area contributed by atoms with Crippen LogP contribution < -0.4 is 16.0 Å². The molecule has 0 fully saturated rings. The third kappa shape index (κ3) is 7.14. The number of benzene rings is 1. The lowest BCUT2D eigenvalue weighted by atomic mass is 10.1. The number of carbonyl (C=O) groups is 1. The molecule has 0 aliphatic heterocycles. The van der Waals surface area contributed by atoms with Crippen molar-refractivity contribution >= 4 is 11.6 Å². The summed E-state index contributed by atoms with van der Waals surface area (Å²) in [5.41, 5.74) is 7.89. The third-order valence-corrected chi connectivity index (χ3v) is 3.38. The Morgan fingerprint density at radius 2 is 2.14 bits per heavy atom. The molecule has 0 atom stereocenters. The van der Waals surface area contributed by atoms with Gasteiger partial charge in [0.2, 0.25) is 5.91 Å². The first-order valence-electron chi connectivity index (χ1n) is 7.81. The average molecular weight is 291 g/mol. The molecule has 0 bridgehead atoms. The Bertz CT molecular complexity index is 432. The van der Waals surface area contributed by atoms with E-state index in [1.807, 2.05) is 12.1 Å². The lowest BCUT2D eigenvalue weighted by Gasteiger charge is -2.24. The van der Waals surface area contributed by atoms with E-state index in [9.17, 15) is 4.79 Å². The van der Waals surface area contributed by atoms with Crippen LogP contribution in [0, 0.1) is 12.8 Å². The van der Waals surface area contributed by atoms with E-state index in [4.69, 9.17) is 5.73 Å². The van der Waals surface area contributed by atoms with Crippen molar-refractivity contribution < 1.29 is 4.79 Å². The average Bonchev–Trinajstić information content (AvgIpc) is 2.43. The van der Waals surface area contributed by atoms with Crippen LogP contribution >= 0.6 is 0 Å². The summed E-state index contributed by atoms with van der Waals surface area (Å²) in [4.78, 5) is 14.2. The smallest absolute Gasteiger partial charge is 0.239 e. The molecular weight excluding hydrogens is 262 g/mol. The maximum atomic E-state index is 12.1. The van der Waals surface area contributed by atoms with Crippen molar-refractivity contribution in [3.8, 4) is 0 Å². The molecule has 4 heteroatoms. The molecule has 21 heavy (non-hydrogen) atoms. The number of nitrogens with zero attached hydrogens (tertiary/aromatic N) is 1. The van der Waals surface area contributed by atoms with E-state index in [2.05, 4.69) is 43.1 Å². The van der Waals surface area contributed by atoms with Crippen LogP contribution in [0.1, 0.15) is 32.3 Å². The second-order valence-electron chi connectivity index (χ2n) is 5.94. The number of amides is 1. The first-order valence-corrected chi connectivity index (χ1v) is 7.81. The van der Waals surface area contributed by atoms with E-state index in [0.717, 1.165) is 31.6 Å². The largest absolute Gasteiger partial charge is 0.362 e. The van der Waals surface area contributed by atoms with Crippen molar-refractivity contribution in [1.29, 1.82) is 0 Å². The molecule has 4 nitrogen and oxygen atoms in total. The van der Waals surface area contributed by atoms with Crippen molar-refractivity contribution in [2.24, 2.45) is 11.7 Å². The van der Waals surface area contributed by atoms with Crippen molar-refractivity contribution in [2.75, 3.05) is 31.1 Å². The highest BCUT2D eigenvalue weighted by Gasteiger charge is 2.11. The van der Waals surface area contributed by atoms with E-state index < -0.39 is 0 Å². The first kappa shape index (κ1) is 17.5. The molecule has 3 N–H and O–H groups in total. The predicted molar refractivity (Wildman–Crippen MR) is 89.5 cm³/mol. The van der Waals surface area contributed by atoms with Crippen LogP contribution in [-0.4, -0.2) is 32.1 Å². The lowest BCUT2D eigenvalue weighted by molar-refractivity contribution is -0.119.